The zero-order valence-corrected chi connectivity index (χ0v) is 13.2. The second kappa shape index (κ2) is 6.75. The largest absolute Gasteiger partial charge is 0.372 e. The molecule has 0 bridgehead atoms. The summed E-state index contributed by atoms with van der Waals surface area (Å²) in [6.45, 7) is 8.06. The van der Waals surface area contributed by atoms with Gasteiger partial charge in [-0.2, -0.15) is 0 Å². The van der Waals surface area contributed by atoms with E-state index < -0.39 is 5.54 Å². The Morgan fingerprint density at radius 3 is 2.65 bits per heavy atom. The number of carbonyl (C=O) groups is 1. The van der Waals surface area contributed by atoms with Crippen LogP contribution in [0.25, 0.3) is 0 Å². The van der Waals surface area contributed by atoms with Gasteiger partial charge in [-0.1, -0.05) is 19.4 Å². The number of rotatable bonds is 6. The quantitative estimate of drug-likeness (QED) is 0.840. The fourth-order valence-corrected chi connectivity index (χ4v) is 2.01. The number of benzene rings is 1. The SMILES string of the molecule is CCCC(C)(N)C(=O)Nc1cccc(N(C)C(C)C)c1. The van der Waals surface area contributed by atoms with Crippen LogP contribution in [-0.4, -0.2) is 24.5 Å². The van der Waals surface area contributed by atoms with Crippen molar-refractivity contribution in [2.45, 2.75) is 52.1 Å². The molecule has 0 spiro atoms. The van der Waals surface area contributed by atoms with Gasteiger partial charge in [-0.05, 0) is 45.4 Å². The summed E-state index contributed by atoms with van der Waals surface area (Å²) in [5, 5.41) is 2.91. The highest BCUT2D eigenvalue weighted by molar-refractivity contribution is 5.97. The maximum Gasteiger partial charge on any atom is 0.244 e. The van der Waals surface area contributed by atoms with E-state index in [1.165, 1.54) is 0 Å². The molecular weight excluding hydrogens is 250 g/mol. The van der Waals surface area contributed by atoms with Gasteiger partial charge in [0.25, 0.3) is 0 Å². The molecule has 20 heavy (non-hydrogen) atoms. The minimum atomic E-state index is -0.825. The van der Waals surface area contributed by atoms with Gasteiger partial charge in [-0.3, -0.25) is 4.79 Å². The maximum absolute atomic E-state index is 12.2. The number of hydrogen-bond acceptors (Lipinski definition) is 3. The van der Waals surface area contributed by atoms with Gasteiger partial charge >= 0.3 is 0 Å². The van der Waals surface area contributed by atoms with Gasteiger partial charge in [-0.25, -0.2) is 0 Å². The first kappa shape index (κ1) is 16.5. The van der Waals surface area contributed by atoms with Crippen LogP contribution in [0.4, 0.5) is 11.4 Å². The summed E-state index contributed by atoms with van der Waals surface area (Å²) in [7, 11) is 2.04. The molecule has 0 aliphatic rings. The third-order valence-electron chi connectivity index (χ3n) is 3.57. The van der Waals surface area contributed by atoms with Crippen LogP contribution < -0.4 is 16.0 Å². The van der Waals surface area contributed by atoms with Crippen LogP contribution >= 0.6 is 0 Å². The molecule has 3 N–H and O–H groups in total. The van der Waals surface area contributed by atoms with Gasteiger partial charge in [-0.15, -0.1) is 0 Å². The number of nitrogens with two attached hydrogens (primary N) is 1. The molecule has 0 saturated carbocycles. The fraction of sp³-hybridized carbons (Fsp3) is 0.562. The molecule has 0 radical (unpaired) electrons. The molecule has 1 atom stereocenters. The van der Waals surface area contributed by atoms with Crippen LogP contribution in [0, 0.1) is 0 Å². The summed E-state index contributed by atoms with van der Waals surface area (Å²) in [4.78, 5) is 14.3. The Hall–Kier alpha value is -1.55. The van der Waals surface area contributed by atoms with Gasteiger partial charge < -0.3 is 16.0 Å². The van der Waals surface area contributed by atoms with Gasteiger partial charge in [0.15, 0.2) is 0 Å². The highest BCUT2D eigenvalue weighted by Gasteiger charge is 2.27. The van der Waals surface area contributed by atoms with Gasteiger partial charge in [0.1, 0.15) is 0 Å². The van der Waals surface area contributed by atoms with Crippen molar-refractivity contribution in [1.29, 1.82) is 0 Å². The summed E-state index contributed by atoms with van der Waals surface area (Å²) in [6.07, 6.45) is 1.56. The number of amides is 1. The molecule has 0 heterocycles. The minimum Gasteiger partial charge on any atom is -0.372 e. The molecule has 0 aliphatic carbocycles. The number of hydrogen-bond donors (Lipinski definition) is 2. The van der Waals surface area contributed by atoms with Gasteiger partial charge in [0, 0.05) is 24.5 Å². The van der Waals surface area contributed by atoms with E-state index in [-0.39, 0.29) is 5.91 Å². The van der Waals surface area contributed by atoms with Crippen molar-refractivity contribution in [2.24, 2.45) is 5.73 Å². The van der Waals surface area contributed by atoms with Crippen LogP contribution in [0.2, 0.25) is 0 Å². The van der Waals surface area contributed by atoms with E-state index in [2.05, 4.69) is 24.1 Å². The Labute approximate surface area is 122 Å². The normalized spacial score (nSPS) is 13.9. The standard InChI is InChI=1S/C16H27N3O/c1-6-10-16(4,17)15(20)18-13-8-7-9-14(11-13)19(5)12(2)3/h7-9,11-12H,6,10,17H2,1-5H3,(H,18,20). The molecule has 112 valence electrons. The van der Waals surface area contributed by atoms with Crippen molar-refractivity contribution in [3.63, 3.8) is 0 Å². The predicted molar refractivity (Wildman–Crippen MR) is 86.1 cm³/mol. The van der Waals surface area contributed by atoms with E-state index in [4.69, 9.17) is 5.73 Å². The molecule has 1 amide bonds. The molecule has 4 heteroatoms. The van der Waals surface area contributed by atoms with E-state index in [1.807, 2.05) is 38.2 Å². The summed E-state index contributed by atoms with van der Waals surface area (Å²) in [5.41, 5.74) is 7.08. The molecule has 1 aromatic rings. The van der Waals surface area contributed by atoms with Crippen LogP contribution in [0.5, 0.6) is 0 Å². The Morgan fingerprint density at radius 2 is 2.10 bits per heavy atom. The van der Waals surface area contributed by atoms with Crippen molar-refractivity contribution in [3.05, 3.63) is 24.3 Å². The second-order valence-corrected chi connectivity index (χ2v) is 5.88. The van der Waals surface area contributed by atoms with Crippen molar-refractivity contribution in [1.82, 2.24) is 0 Å². The lowest BCUT2D eigenvalue weighted by Crippen LogP contribution is -2.48. The Balaban J connectivity index is 2.84. The third kappa shape index (κ3) is 4.23. The van der Waals surface area contributed by atoms with Crippen LogP contribution in [-0.2, 0) is 4.79 Å². The van der Waals surface area contributed by atoms with Crippen molar-refractivity contribution < 1.29 is 4.79 Å². The predicted octanol–water partition coefficient (Wildman–Crippen LogP) is 2.99. The molecular formula is C16H27N3O. The third-order valence-corrected chi connectivity index (χ3v) is 3.57. The second-order valence-electron chi connectivity index (χ2n) is 5.88. The summed E-state index contributed by atoms with van der Waals surface area (Å²) < 4.78 is 0. The topological polar surface area (TPSA) is 58.4 Å². The van der Waals surface area contributed by atoms with Crippen LogP contribution in [0.3, 0.4) is 0 Å². The smallest absolute Gasteiger partial charge is 0.244 e. The highest BCUT2D eigenvalue weighted by atomic mass is 16.2. The first-order chi connectivity index (χ1) is 9.27. The fourth-order valence-electron chi connectivity index (χ4n) is 2.01. The molecule has 1 unspecified atom stereocenters. The lowest BCUT2D eigenvalue weighted by molar-refractivity contribution is -0.120. The molecule has 0 aromatic heterocycles. The van der Waals surface area contributed by atoms with E-state index in [0.717, 1.165) is 17.8 Å². The molecule has 4 nitrogen and oxygen atoms in total. The maximum atomic E-state index is 12.2. The first-order valence-electron chi connectivity index (χ1n) is 7.21. The van der Waals surface area contributed by atoms with E-state index in [0.29, 0.717) is 12.5 Å². The van der Waals surface area contributed by atoms with Crippen molar-refractivity contribution in [2.75, 3.05) is 17.3 Å². The summed E-state index contributed by atoms with van der Waals surface area (Å²) >= 11 is 0. The summed E-state index contributed by atoms with van der Waals surface area (Å²) in [5.74, 6) is -0.135. The molecule has 1 aromatic carbocycles. The molecule has 0 aliphatic heterocycles. The number of nitrogens with one attached hydrogen (secondary N) is 1. The highest BCUT2D eigenvalue weighted by Crippen LogP contribution is 2.21. The lowest BCUT2D eigenvalue weighted by atomic mass is 9.96. The zero-order valence-electron chi connectivity index (χ0n) is 13.2. The Bertz CT molecular complexity index is 455. The average molecular weight is 277 g/mol. The lowest BCUT2D eigenvalue weighted by Gasteiger charge is -2.25. The van der Waals surface area contributed by atoms with Crippen LogP contribution in [0.1, 0.15) is 40.5 Å². The molecule has 1 rings (SSSR count). The minimum absolute atomic E-state index is 0.135. The van der Waals surface area contributed by atoms with E-state index >= 15 is 0 Å². The Kier molecular flexibility index (Phi) is 5.57. The van der Waals surface area contributed by atoms with E-state index in [1.54, 1.807) is 6.92 Å². The average Bonchev–Trinajstić information content (AvgIpc) is 2.37. The Morgan fingerprint density at radius 1 is 1.45 bits per heavy atom. The number of carbonyl (C=O) groups excluding carboxylic acids is 1. The van der Waals surface area contributed by atoms with Crippen molar-refractivity contribution in [3.8, 4) is 0 Å². The van der Waals surface area contributed by atoms with Crippen LogP contribution in [0.15, 0.2) is 24.3 Å². The monoisotopic (exact) mass is 277 g/mol. The summed E-state index contributed by atoms with van der Waals surface area (Å²) in [6, 6.07) is 8.24. The molecule has 0 fully saturated rings. The van der Waals surface area contributed by atoms with E-state index in [9.17, 15) is 4.79 Å². The van der Waals surface area contributed by atoms with Gasteiger partial charge in [0.2, 0.25) is 5.91 Å². The number of anilines is 2. The first-order valence-corrected chi connectivity index (χ1v) is 7.21. The van der Waals surface area contributed by atoms with Gasteiger partial charge in [0.05, 0.1) is 5.54 Å². The van der Waals surface area contributed by atoms with Crippen molar-refractivity contribution >= 4 is 17.3 Å². The molecule has 0 saturated heterocycles. The zero-order chi connectivity index (χ0) is 15.3. The number of nitrogens with zero attached hydrogens (tertiary/aromatic N) is 1.